The van der Waals surface area contributed by atoms with Crippen LogP contribution in [0.25, 0.3) is 0 Å². The lowest BCUT2D eigenvalue weighted by atomic mass is 9.82. The molecule has 1 rings (SSSR count). The smallest absolute Gasteiger partial charge is 0.123 e. The van der Waals surface area contributed by atoms with E-state index >= 15 is 0 Å². The van der Waals surface area contributed by atoms with Gasteiger partial charge in [-0.3, -0.25) is 0 Å². The summed E-state index contributed by atoms with van der Waals surface area (Å²) in [7, 11) is 0. The summed E-state index contributed by atoms with van der Waals surface area (Å²) in [5.41, 5.74) is 1.28. The first-order valence-corrected chi connectivity index (χ1v) is 6.83. The molecule has 0 amide bonds. The Labute approximate surface area is 111 Å². The van der Waals surface area contributed by atoms with Gasteiger partial charge >= 0.3 is 0 Å². The number of hydrogen-bond acceptors (Lipinski definition) is 1. The molecule has 0 spiro atoms. The SMILES string of the molecule is CCC(C)CNC(c1ccc(F)cc1)C(C)(C)C. The standard InChI is InChI=1S/C16H26FN/c1-6-12(2)11-18-15(16(3,4)5)13-7-9-14(17)10-8-13/h7-10,12,15,18H,6,11H2,1-5H3. The number of benzene rings is 1. The fraction of sp³-hybridized carbons (Fsp3) is 0.625. The summed E-state index contributed by atoms with van der Waals surface area (Å²) in [5.74, 6) is 0.489. The van der Waals surface area contributed by atoms with Crippen molar-refractivity contribution in [1.29, 1.82) is 0 Å². The normalized spacial score (nSPS) is 15.4. The number of halogens is 1. The molecule has 18 heavy (non-hydrogen) atoms. The molecule has 2 heteroatoms. The van der Waals surface area contributed by atoms with Crippen molar-refractivity contribution in [2.45, 2.75) is 47.1 Å². The molecule has 0 saturated heterocycles. The highest BCUT2D eigenvalue weighted by Crippen LogP contribution is 2.32. The molecule has 2 unspecified atom stereocenters. The monoisotopic (exact) mass is 251 g/mol. The Morgan fingerprint density at radius 3 is 2.17 bits per heavy atom. The van der Waals surface area contributed by atoms with Gasteiger partial charge in [0.05, 0.1) is 0 Å². The van der Waals surface area contributed by atoms with Gasteiger partial charge in [0.25, 0.3) is 0 Å². The van der Waals surface area contributed by atoms with Crippen LogP contribution >= 0.6 is 0 Å². The summed E-state index contributed by atoms with van der Waals surface area (Å²) >= 11 is 0. The summed E-state index contributed by atoms with van der Waals surface area (Å²) < 4.78 is 13.0. The molecular formula is C16H26FN. The number of hydrogen-bond donors (Lipinski definition) is 1. The lowest BCUT2D eigenvalue weighted by molar-refractivity contribution is 0.261. The summed E-state index contributed by atoms with van der Waals surface area (Å²) in [5, 5.41) is 3.62. The molecule has 0 fully saturated rings. The van der Waals surface area contributed by atoms with Gasteiger partial charge in [0.1, 0.15) is 5.82 Å². The van der Waals surface area contributed by atoms with Crippen molar-refractivity contribution in [3.63, 3.8) is 0 Å². The highest BCUT2D eigenvalue weighted by atomic mass is 19.1. The van der Waals surface area contributed by atoms with Crippen LogP contribution in [0.4, 0.5) is 4.39 Å². The second-order valence-electron chi connectivity index (χ2n) is 6.27. The molecule has 0 aromatic heterocycles. The highest BCUT2D eigenvalue weighted by molar-refractivity contribution is 5.21. The lowest BCUT2D eigenvalue weighted by Gasteiger charge is -2.33. The van der Waals surface area contributed by atoms with Gasteiger partial charge in [-0.1, -0.05) is 53.2 Å². The molecule has 102 valence electrons. The van der Waals surface area contributed by atoms with E-state index in [2.05, 4.69) is 39.9 Å². The van der Waals surface area contributed by atoms with Crippen molar-refractivity contribution in [1.82, 2.24) is 5.32 Å². The van der Waals surface area contributed by atoms with Gasteiger partial charge in [-0.2, -0.15) is 0 Å². The molecular weight excluding hydrogens is 225 g/mol. The van der Waals surface area contributed by atoms with Gasteiger partial charge in [0.2, 0.25) is 0 Å². The molecule has 0 saturated carbocycles. The van der Waals surface area contributed by atoms with Gasteiger partial charge in [-0.15, -0.1) is 0 Å². The minimum absolute atomic E-state index is 0.116. The van der Waals surface area contributed by atoms with Crippen LogP contribution in [0.15, 0.2) is 24.3 Å². The topological polar surface area (TPSA) is 12.0 Å². The van der Waals surface area contributed by atoms with Crippen molar-refractivity contribution in [3.05, 3.63) is 35.6 Å². The highest BCUT2D eigenvalue weighted by Gasteiger charge is 2.25. The first kappa shape index (κ1) is 15.2. The minimum Gasteiger partial charge on any atom is -0.309 e. The molecule has 0 aliphatic carbocycles. The van der Waals surface area contributed by atoms with Gasteiger partial charge in [-0.25, -0.2) is 4.39 Å². The Morgan fingerprint density at radius 2 is 1.72 bits per heavy atom. The van der Waals surface area contributed by atoms with Crippen molar-refractivity contribution in [2.24, 2.45) is 11.3 Å². The molecule has 1 aromatic carbocycles. The van der Waals surface area contributed by atoms with Gasteiger partial charge in [0, 0.05) is 6.04 Å². The maximum atomic E-state index is 13.0. The largest absolute Gasteiger partial charge is 0.309 e. The molecule has 0 bridgehead atoms. The van der Waals surface area contributed by atoms with Gasteiger partial charge < -0.3 is 5.32 Å². The van der Waals surface area contributed by atoms with Gasteiger partial charge in [0.15, 0.2) is 0 Å². The average Bonchev–Trinajstić information content (AvgIpc) is 2.29. The summed E-state index contributed by atoms with van der Waals surface area (Å²) in [6.45, 7) is 12.1. The van der Waals surface area contributed by atoms with Crippen molar-refractivity contribution in [2.75, 3.05) is 6.54 Å². The van der Waals surface area contributed by atoms with E-state index < -0.39 is 0 Å². The van der Waals surface area contributed by atoms with Crippen LogP contribution in [0.1, 0.15) is 52.6 Å². The Morgan fingerprint density at radius 1 is 1.17 bits per heavy atom. The predicted molar refractivity (Wildman–Crippen MR) is 76.1 cm³/mol. The summed E-state index contributed by atoms with van der Waals surface area (Å²) in [6, 6.07) is 7.11. The molecule has 1 N–H and O–H groups in total. The van der Waals surface area contributed by atoms with E-state index in [1.165, 1.54) is 6.42 Å². The van der Waals surface area contributed by atoms with Crippen molar-refractivity contribution in [3.8, 4) is 0 Å². The van der Waals surface area contributed by atoms with E-state index in [4.69, 9.17) is 0 Å². The zero-order valence-corrected chi connectivity index (χ0v) is 12.3. The Kier molecular flexibility index (Phi) is 5.33. The van der Waals surface area contributed by atoms with E-state index in [1.807, 2.05) is 12.1 Å². The molecule has 1 nitrogen and oxygen atoms in total. The number of nitrogens with one attached hydrogen (secondary N) is 1. The van der Waals surface area contributed by atoms with Crippen LogP contribution in [-0.4, -0.2) is 6.54 Å². The number of rotatable bonds is 5. The molecule has 0 radical (unpaired) electrons. The van der Waals surface area contributed by atoms with Crippen LogP contribution in [0.2, 0.25) is 0 Å². The van der Waals surface area contributed by atoms with Crippen LogP contribution in [0.3, 0.4) is 0 Å². The van der Waals surface area contributed by atoms with Gasteiger partial charge in [-0.05, 0) is 35.6 Å². The third-order valence-electron chi connectivity index (χ3n) is 3.44. The maximum absolute atomic E-state index is 13.0. The molecule has 0 aliphatic heterocycles. The molecule has 0 heterocycles. The van der Waals surface area contributed by atoms with Crippen LogP contribution < -0.4 is 5.32 Å². The second kappa shape index (κ2) is 6.33. The first-order valence-electron chi connectivity index (χ1n) is 6.83. The molecule has 1 aromatic rings. The Hall–Kier alpha value is -0.890. The van der Waals surface area contributed by atoms with Crippen molar-refractivity contribution >= 4 is 0 Å². The minimum atomic E-state index is -0.173. The zero-order chi connectivity index (χ0) is 13.8. The van der Waals surface area contributed by atoms with E-state index in [0.717, 1.165) is 12.1 Å². The Balaban J connectivity index is 2.82. The van der Waals surface area contributed by atoms with E-state index in [-0.39, 0.29) is 17.3 Å². The molecule has 0 aliphatic rings. The fourth-order valence-corrected chi connectivity index (χ4v) is 2.04. The summed E-state index contributed by atoms with van der Waals surface area (Å²) in [4.78, 5) is 0. The average molecular weight is 251 g/mol. The second-order valence-corrected chi connectivity index (χ2v) is 6.27. The quantitative estimate of drug-likeness (QED) is 0.809. The van der Waals surface area contributed by atoms with E-state index in [0.29, 0.717) is 5.92 Å². The molecule has 2 atom stereocenters. The maximum Gasteiger partial charge on any atom is 0.123 e. The van der Waals surface area contributed by atoms with Crippen LogP contribution in [0.5, 0.6) is 0 Å². The summed E-state index contributed by atoms with van der Waals surface area (Å²) in [6.07, 6.45) is 1.17. The predicted octanol–water partition coefficient (Wildman–Crippen LogP) is 4.55. The van der Waals surface area contributed by atoms with E-state index in [9.17, 15) is 4.39 Å². The van der Waals surface area contributed by atoms with Crippen molar-refractivity contribution < 1.29 is 4.39 Å². The third-order valence-corrected chi connectivity index (χ3v) is 3.44. The van der Waals surface area contributed by atoms with E-state index in [1.54, 1.807) is 12.1 Å². The van der Waals surface area contributed by atoms with Crippen LogP contribution in [-0.2, 0) is 0 Å². The third kappa shape index (κ3) is 4.41. The zero-order valence-electron chi connectivity index (χ0n) is 12.3. The first-order chi connectivity index (χ1) is 8.34. The Bertz CT molecular complexity index is 350. The lowest BCUT2D eigenvalue weighted by Crippen LogP contribution is -2.34. The fourth-order valence-electron chi connectivity index (χ4n) is 2.04. The van der Waals surface area contributed by atoms with Crippen LogP contribution in [0, 0.1) is 17.2 Å².